The summed E-state index contributed by atoms with van der Waals surface area (Å²) in [4.78, 5) is 14.1. The molecule has 5 nitrogen and oxygen atoms in total. The number of benzene rings is 1. The van der Waals surface area contributed by atoms with E-state index in [1.54, 1.807) is 18.7 Å². The van der Waals surface area contributed by atoms with E-state index in [2.05, 4.69) is 13.8 Å². The van der Waals surface area contributed by atoms with Crippen molar-refractivity contribution in [2.75, 3.05) is 18.1 Å². The number of hydrogen-bond acceptors (Lipinski definition) is 4. The third kappa shape index (κ3) is 2.89. The number of nitrogens with zero attached hydrogens (tertiary/aromatic N) is 1. The van der Waals surface area contributed by atoms with Gasteiger partial charge in [-0.1, -0.05) is 19.9 Å². The maximum Gasteiger partial charge on any atom is 0.270 e. The predicted octanol–water partition coefficient (Wildman–Crippen LogP) is 1.84. The molecule has 1 amide bonds. The van der Waals surface area contributed by atoms with E-state index in [-0.39, 0.29) is 25.1 Å². The van der Waals surface area contributed by atoms with Gasteiger partial charge in [-0.3, -0.25) is 4.79 Å². The summed E-state index contributed by atoms with van der Waals surface area (Å²) in [6.45, 7) is 7.73. The minimum Gasteiger partial charge on any atom is -0.476 e. The first-order valence-corrected chi connectivity index (χ1v) is 7.29. The Morgan fingerprint density at radius 2 is 2.05 bits per heavy atom. The molecule has 1 aromatic carbocycles. The molecule has 0 aromatic heterocycles. The molecule has 0 fully saturated rings. The highest BCUT2D eigenvalue weighted by atomic mass is 16.5. The molecule has 0 radical (unpaired) electrons. The Bertz CT molecular complexity index is 540. The molecule has 0 spiro atoms. The topological polar surface area (TPSA) is 75.8 Å². The summed E-state index contributed by atoms with van der Waals surface area (Å²) in [6, 6.07) is 5.58. The second-order valence-electron chi connectivity index (χ2n) is 6.29. The summed E-state index contributed by atoms with van der Waals surface area (Å²) in [5.41, 5.74) is 6.90. The zero-order valence-electron chi connectivity index (χ0n) is 13.1. The van der Waals surface area contributed by atoms with E-state index in [0.717, 1.165) is 5.56 Å². The van der Waals surface area contributed by atoms with Crippen molar-refractivity contribution in [3.8, 4) is 5.75 Å². The number of amides is 1. The molecule has 1 aliphatic rings. The Morgan fingerprint density at radius 3 is 2.62 bits per heavy atom. The Labute approximate surface area is 125 Å². The maximum absolute atomic E-state index is 12.5. The Hall–Kier alpha value is -1.59. The molecule has 2 rings (SSSR count). The fraction of sp³-hybridized carbons (Fsp3) is 0.562. The van der Waals surface area contributed by atoms with Crippen LogP contribution in [0, 0.1) is 5.92 Å². The molecular formula is C16H24N2O3. The van der Waals surface area contributed by atoms with Crippen molar-refractivity contribution >= 4 is 11.6 Å². The number of anilines is 1. The number of β-amino-alcohol motifs (C(OH)–C–C–N with tert-alkyl or cyclic N) is 1. The van der Waals surface area contributed by atoms with Gasteiger partial charge < -0.3 is 20.5 Å². The van der Waals surface area contributed by atoms with E-state index in [4.69, 9.17) is 10.5 Å². The lowest BCUT2D eigenvalue weighted by Gasteiger charge is -2.39. The molecule has 1 aliphatic heterocycles. The average Bonchev–Trinajstić information content (AvgIpc) is 2.42. The molecule has 1 aromatic rings. The van der Waals surface area contributed by atoms with Crippen LogP contribution < -0.4 is 15.4 Å². The monoisotopic (exact) mass is 292 g/mol. The quantitative estimate of drug-likeness (QED) is 0.888. The first-order valence-electron chi connectivity index (χ1n) is 7.29. The summed E-state index contributed by atoms with van der Waals surface area (Å²) >= 11 is 0. The van der Waals surface area contributed by atoms with Gasteiger partial charge in [0.05, 0.1) is 12.3 Å². The number of ether oxygens (including phenoxy) is 1. The number of aliphatic hydroxyl groups excluding tert-OH is 1. The van der Waals surface area contributed by atoms with E-state index in [9.17, 15) is 9.90 Å². The zero-order valence-corrected chi connectivity index (χ0v) is 13.1. The summed E-state index contributed by atoms with van der Waals surface area (Å²) in [5, 5.41) is 9.24. The van der Waals surface area contributed by atoms with E-state index >= 15 is 0 Å². The van der Waals surface area contributed by atoms with Gasteiger partial charge >= 0.3 is 0 Å². The summed E-state index contributed by atoms with van der Waals surface area (Å²) in [7, 11) is 0. The summed E-state index contributed by atoms with van der Waals surface area (Å²) < 4.78 is 5.79. The van der Waals surface area contributed by atoms with Crippen molar-refractivity contribution in [1.29, 1.82) is 0 Å². The lowest BCUT2D eigenvalue weighted by molar-refractivity contribution is -0.132. The fourth-order valence-corrected chi connectivity index (χ4v) is 2.50. The SMILES string of the molecule is CC(C)C(N)c1ccc2c(c1)N(CCO)C(=O)C(C)(C)O2. The van der Waals surface area contributed by atoms with E-state index < -0.39 is 5.60 Å². The maximum atomic E-state index is 12.5. The Balaban J connectivity index is 2.47. The molecule has 1 unspecified atom stereocenters. The predicted molar refractivity (Wildman–Crippen MR) is 82.4 cm³/mol. The van der Waals surface area contributed by atoms with E-state index in [0.29, 0.717) is 17.4 Å². The number of nitrogens with two attached hydrogens (primary N) is 1. The minimum atomic E-state index is -0.927. The van der Waals surface area contributed by atoms with E-state index in [1.165, 1.54) is 0 Å². The highest BCUT2D eigenvalue weighted by Crippen LogP contribution is 2.39. The van der Waals surface area contributed by atoms with Crippen LogP contribution in [0.4, 0.5) is 5.69 Å². The molecule has 0 saturated heterocycles. The van der Waals surface area contributed by atoms with Crippen LogP contribution in [0.1, 0.15) is 39.3 Å². The molecule has 1 atom stereocenters. The number of aliphatic hydroxyl groups is 1. The summed E-state index contributed by atoms with van der Waals surface area (Å²) in [6.07, 6.45) is 0. The van der Waals surface area contributed by atoms with Crippen LogP contribution in [0.2, 0.25) is 0 Å². The van der Waals surface area contributed by atoms with Crippen molar-refractivity contribution in [2.24, 2.45) is 11.7 Å². The number of carbonyl (C=O) groups is 1. The van der Waals surface area contributed by atoms with Gasteiger partial charge in [-0.25, -0.2) is 0 Å². The smallest absolute Gasteiger partial charge is 0.270 e. The van der Waals surface area contributed by atoms with Gasteiger partial charge in [-0.05, 0) is 37.5 Å². The minimum absolute atomic E-state index is 0.0955. The van der Waals surface area contributed by atoms with Gasteiger partial charge in [0, 0.05) is 12.6 Å². The van der Waals surface area contributed by atoms with Gasteiger partial charge in [-0.15, -0.1) is 0 Å². The van der Waals surface area contributed by atoms with Crippen molar-refractivity contribution in [2.45, 2.75) is 39.3 Å². The lowest BCUT2D eigenvalue weighted by atomic mass is 9.95. The molecular weight excluding hydrogens is 268 g/mol. The van der Waals surface area contributed by atoms with Crippen LogP contribution in [-0.4, -0.2) is 29.8 Å². The van der Waals surface area contributed by atoms with E-state index in [1.807, 2.05) is 18.2 Å². The second kappa shape index (κ2) is 5.66. The second-order valence-corrected chi connectivity index (χ2v) is 6.29. The molecule has 0 aliphatic carbocycles. The summed E-state index contributed by atoms with van der Waals surface area (Å²) in [5.74, 6) is 0.790. The Kier molecular flexibility index (Phi) is 4.25. The van der Waals surface area contributed by atoms with Crippen molar-refractivity contribution in [1.82, 2.24) is 0 Å². The zero-order chi connectivity index (χ0) is 15.8. The van der Waals surface area contributed by atoms with Crippen molar-refractivity contribution in [3.63, 3.8) is 0 Å². The van der Waals surface area contributed by atoms with Gasteiger partial charge in [0.1, 0.15) is 5.75 Å². The van der Waals surface area contributed by atoms with Gasteiger partial charge in [0.25, 0.3) is 5.91 Å². The van der Waals surface area contributed by atoms with Gasteiger partial charge in [0.2, 0.25) is 0 Å². The third-order valence-electron chi connectivity index (χ3n) is 3.83. The number of carbonyl (C=O) groups excluding carboxylic acids is 1. The largest absolute Gasteiger partial charge is 0.476 e. The average molecular weight is 292 g/mol. The lowest BCUT2D eigenvalue weighted by Crippen LogP contribution is -2.53. The van der Waals surface area contributed by atoms with Crippen LogP contribution >= 0.6 is 0 Å². The fourth-order valence-electron chi connectivity index (χ4n) is 2.50. The van der Waals surface area contributed by atoms with Crippen molar-refractivity contribution < 1.29 is 14.6 Å². The highest BCUT2D eigenvalue weighted by Gasteiger charge is 2.40. The normalized spacial score (nSPS) is 18.4. The standard InChI is InChI=1S/C16H24N2O3/c1-10(2)14(17)11-5-6-13-12(9-11)18(7-8-19)15(20)16(3,4)21-13/h5-6,9-10,14,19H,7-8,17H2,1-4H3. The van der Waals surface area contributed by atoms with Crippen LogP contribution in [0.15, 0.2) is 18.2 Å². The molecule has 21 heavy (non-hydrogen) atoms. The third-order valence-corrected chi connectivity index (χ3v) is 3.83. The first kappa shape index (κ1) is 15.8. The van der Waals surface area contributed by atoms with Crippen molar-refractivity contribution in [3.05, 3.63) is 23.8 Å². The van der Waals surface area contributed by atoms with Crippen LogP contribution in [-0.2, 0) is 4.79 Å². The number of rotatable bonds is 4. The first-order chi connectivity index (χ1) is 9.77. The molecule has 3 N–H and O–H groups in total. The molecule has 116 valence electrons. The van der Waals surface area contributed by atoms with Crippen LogP contribution in [0.5, 0.6) is 5.75 Å². The molecule has 1 heterocycles. The molecule has 5 heteroatoms. The molecule has 0 bridgehead atoms. The van der Waals surface area contributed by atoms with Crippen LogP contribution in [0.25, 0.3) is 0 Å². The van der Waals surface area contributed by atoms with Gasteiger partial charge in [0.15, 0.2) is 5.60 Å². The molecule has 0 saturated carbocycles. The van der Waals surface area contributed by atoms with Crippen LogP contribution in [0.3, 0.4) is 0 Å². The number of fused-ring (bicyclic) bond motifs is 1. The number of hydrogen-bond donors (Lipinski definition) is 2. The Morgan fingerprint density at radius 1 is 1.38 bits per heavy atom. The van der Waals surface area contributed by atoms with Gasteiger partial charge in [-0.2, -0.15) is 0 Å². The highest BCUT2D eigenvalue weighted by molar-refractivity contribution is 6.02.